The van der Waals surface area contributed by atoms with Gasteiger partial charge in [0, 0.05) is 34.6 Å². The summed E-state index contributed by atoms with van der Waals surface area (Å²) in [5.74, 6) is -1.47. The van der Waals surface area contributed by atoms with Crippen molar-refractivity contribution in [2.24, 2.45) is 0 Å². The fourth-order valence-electron chi connectivity index (χ4n) is 3.57. The quantitative estimate of drug-likeness (QED) is 0.377. The van der Waals surface area contributed by atoms with Crippen LogP contribution in [0.4, 0.5) is 4.39 Å². The maximum absolute atomic E-state index is 14.1. The standard InChI is InChI=1S/C27H27Cl2FN2O3/c1-18(2)31-27(34)24(15-19-9-4-3-5-10-19)32(16-20-21(28)11-8-12-22(20)29)26(33)17-35-25-14-7-6-13-23(25)30/h3-14,18,24H,15-17H2,1-2H3,(H,31,34)/t24-/m0/s1. The number of amides is 2. The van der Waals surface area contributed by atoms with Crippen molar-refractivity contribution in [3.8, 4) is 5.75 Å². The van der Waals surface area contributed by atoms with Gasteiger partial charge in [0.25, 0.3) is 5.91 Å². The van der Waals surface area contributed by atoms with Crippen LogP contribution in [0.3, 0.4) is 0 Å². The van der Waals surface area contributed by atoms with Crippen LogP contribution in [0.2, 0.25) is 10.0 Å². The molecule has 0 spiro atoms. The lowest BCUT2D eigenvalue weighted by Gasteiger charge is -2.32. The molecule has 1 atom stereocenters. The fourth-order valence-corrected chi connectivity index (χ4v) is 4.09. The monoisotopic (exact) mass is 516 g/mol. The lowest BCUT2D eigenvalue weighted by atomic mass is 10.0. The minimum Gasteiger partial charge on any atom is -0.481 e. The Labute approximate surface area is 214 Å². The van der Waals surface area contributed by atoms with E-state index in [0.717, 1.165) is 5.56 Å². The van der Waals surface area contributed by atoms with Gasteiger partial charge in [0.15, 0.2) is 18.2 Å². The smallest absolute Gasteiger partial charge is 0.261 e. The van der Waals surface area contributed by atoms with Gasteiger partial charge in [0.05, 0.1) is 0 Å². The summed E-state index contributed by atoms with van der Waals surface area (Å²) < 4.78 is 19.5. The van der Waals surface area contributed by atoms with Crippen LogP contribution in [0.5, 0.6) is 5.75 Å². The predicted octanol–water partition coefficient (Wildman–Crippen LogP) is 5.68. The van der Waals surface area contributed by atoms with E-state index in [-0.39, 0.29) is 30.7 Å². The molecule has 0 aromatic heterocycles. The SMILES string of the molecule is CC(C)NC(=O)[C@H](Cc1ccccc1)N(Cc1c(Cl)cccc1Cl)C(=O)COc1ccccc1F. The van der Waals surface area contributed by atoms with Crippen LogP contribution in [0.25, 0.3) is 0 Å². The molecule has 0 radical (unpaired) electrons. The summed E-state index contributed by atoms with van der Waals surface area (Å²) in [5.41, 5.74) is 1.37. The minimum absolute atomic E-state index is 0.0268. The number of benzene rings is 3. The molecule has 35 heavy (non-hydrogen) atoms. The highest BCUT2D eigenvalue weighted by Gasteiger charge is 2.32. The van der Waals surface area contributed by atoms with Gasteiger partial charge in [-0.15, -0.1) is 0 Å². The number of para-hydroxylation sites is 1. The molecule has 1 N–H and O–H groups in total. The first-order valence-electron chi connectivity index (χ1n) is 11.2. The zero-order chi connectivity index (χ0) is 25.4. The average Bonchev–Trinajstić information content (AvgIpc) is 2.82. The highest BCUT2D eigenvalue weighted by atomic mass is 35.5. The van der Waals surface area contributed by atoms with Gasteiger partial charge in [0.1, 0.15) is 6.04 Å². The third-order valence-corrected chi connectivity index (χ3v) is 5.99. The Hall–Kier alpha value is -3.09. The van der Waals surface area contributed by atoms with Crippen molar-refractivity contribution in [1.82, 2.24) is 10.2 Å². The molecule has 3 aromatic rings. The van der Waals surface area contributed by atoms with Crippen LogP contribution >= 0.6 is 23.2 Å². The number of halogens is 3. The second-order valence-electron chi connectivity index (χ2n) is 8.31. The first-order valence-corrected chi connectivity index (χ1v) is 12.0. The van der Waals surface area contributed by atoms with Crippen LogP contribution in [0, 0.1) is 5.82 Å². The van der Waals surface area contributed by atoms with E-state index in [0.29, 0.717) is 15.6 Å². The summed E-state index contributed by atoms with van der Waals surface area (Å²) in [6.45, 7) is 3.19. The maximum Gasteiger partial charge on any atom is 0.261 e. The molecule has 0 aliphatic rings. The normalized spacial score (nSPS) is 11.7. The number of nitrogens with zero attached hydrogens (tertiary/aromatic N) is 1. The van der Waals surface area contributed by atoms with E-state index < -0.39 is 24.4 Å². The van der Waals surface area contributed by atoms with Crippen molar-refractivity contribution >= 4 is 35.0 Å². The van der Waals surface area contributed by atoms with Gasteiger partial charge < -0.3 is 15.0 Å². The van der Waals surface area contributed by atoms with Crippen molar-refractivity contribution < 1.29 is 18.7 Å². The third kappa shape index (κ3) is 7.44. The number of hydrogen-bond donors (Lipinski definition) is 1. The van der Waals surface area contributed by atoms with E-state index in [1.54, 1.807) is 24.3 Å². The number of nitrogens with one attached hydrogen (secondary N) is 1. The molecule has 184 valence electrons. The number of ether oxygens (including phenoxy) is 1. The fraction of sp³-hybridized carbons (Fsp3) is 0.259. The van der Waals surface area contributed by atoms with Crippen molar-refractivity contribution in [1.29, 1.82) is 0 Å². The molecule has 3 rings (SSSR count). The number of rotatable bonds is 10. The van der Waals surface area contributed by atoms with Crippen LogP contribution in [-0.2, 0) is 22.6 Å². The molecule has 8 heteroatoms. The molecular formula is C27H27Cl2FN2O3. The van der Waals surface area contributed by atoms with Gasteiger partial charge in [-0.05, 0) is 43.7 Å². The zero-order valence-corrected chi connectivity index (χ0v) is 21.0. The highest BCUT2D eigenvalue weighted by molar-refractivity contribution is 6.36. The summed E-state index contributed by atoms with van der Waals surface area (Å²) in [6, 6.07) is 19.2. The van der Waals surface area contributed by atoms with Gasteiger partial charge >= 0.3 is 0 Å². The minimum atomic E-state index is -0.885. The Bertz CT molecular complexity index is 1140. The summed E-state index contributed by atoms with van der Waals surface area (Å²) in [6.07, 6.45) is 0.257. The molecule has 0 fully saturated rings. The van der Waals surface area contributed by atoms with Crippen molar-refractivity contribution in [3.05, 3.63) is 99.8 Å². The molecular weight excluding hydrogens is 490 g/mol. The Morgan fingerprint density at radius 1 is 0.943 bits per heavy atom. The summed E-state index contributed by atoms with van der Waals surface area (Å²) in [4.78, 5) is 28.2. The molecule has 3 aromatic carbocycles. The van der Waals surface area contributed by atoms with E-state index >= 15 is 0 Å². The number of carbonyl (C=O) groups excluding carboxylic acids is 2. The summed E-state index contributed by atoms with van der Waals surface area (Å²) >= 11 is 12.8. The van der Waals surface area contributed by atoms with Crippen molar-refractivity contribution in [3.63, 3.8) is 0 Å². The zero-order valence-electron chi connectivity index (χ0n) is 19.5. The van der Waals surface area contributed by atoms with Crippen LogP contribution in [-0.4, -0.2) is 35.4 Å². The van der Waals surface area contributed by atoms with E-state index in [2.05, 4.69) is 5.32 Å². The van der Waals surface area contributed by atoms with Crippen LogP contribution in [0.15, 0.2) is 72.8 Å². The average molecular weight is 517 g/mol. The molecule has 0 aliphatic carbocycles. The molecule has 2 amide bonds. The molecule has 0 saturated carbocycles. The summed E-state index contributed by atoms with van der Waals surface area (Å²) in [5, 5.41) is 3.63. The second kappa shape index (κ2) is 12.6. The molecule has 0 bridgehead atoms. The molecule has 0 aliphatic heterocycles. The Kier molecular flexibility index (Phi) is 9.52. The molecule has 0 heterocycles. The summed E-state index contributed by atoms with van der Waals surface area (Å²) in [7, 11) is 0. The van der Waals surface area contributed by atoms with E-state index in [1.807, 2.05) is 44.2 Å². The number of hydrogen-bond acceptors (Lipinski definition) is 3. The Morgan fingerprint density at radius 3 is 2.20 bits per heavy atom. The lowest BCUT2D eigenvalue weighted by Crippen LogP contribution is -2.53. The maximum atomic E-state index is 14.1. The van der Waals surface area contributed by atoms with Crippen molar-refractivity contribution in [2.45, 2.75) is 38.9 Å². The Balaban J connectivity index is 1.97. The predicted molar refractivity (Wildman–Crippen MR) is 136 cm³/mol. The number of carbonyl (C=O) groups is 2. The van der Waals surface area contributed by atoms with Crippen LogP contribution < -0.4 is 10.1 Å². The topological polar surface area (TPSA) is 58.6 Å². The lowest BCUT2D eigenvalue weighted by molar-refractivity contribution is -0.143. The Morgan fingerprint density at radius 2 is 1.57 bits per heavy atom. The van der Waals surface area contributed by atoms with E-state index in [9.17, 15) is 14.0 Å². The van der Waals surface area contributed by atoms with Gasteiger partial charge in [-0.1, -0.05) is 71.7 Å². The molecule has 0 unspecified atom stereocenters. The molecule has 0 saturated heterocycles. The highest BCUT2D eigenvalue weighted by Crippen LogP contribution is 2.27. The van der Waals surface area contributed by atoms with Gasteiger partial charge in [-0.2, -0.15) is 0 Å². The van der Waals surface area contributed by atoms with Crippen molar-refractivity contribution in [2.75, 3.05) is 6.61 Å². The van der Waals surface area contributed by atoms with Gasteiger partial charge in [-0.3, -0.25) is 9.59 Å². The third-order valence-electron chi connectivity index (χ3n) is 5.28. The largest absolute Gasteiger partial charge is 0.481 e. The van der Waals surface area contributed by atoms with E-state index in [1.165, 1.54) is 23.1 Å². The second-order valence-corrected chi connectivity index (χ2v) is 9.12. The first kappa shape index (κ1) is 26.5. The molecule has 5 nitrogen and oxygen atoms in total. The van der Waals surface area contributed by atoms with Gasteiger partial charge in [0.2, 0.25) is 5.91 Å². The van der Waals surface area contributed by atoms with E-state index in [4.69, 9.17) is 27.9 Å². The van der Waals surface area contributed by atoms with Gasteiger partial charge in [-0.25, -0.2) is 4.39 Å². The first-order chi connectivity index (χ1) is 16.8. The van der Waals surface area contributed by atoms with Crippen LogP contribution in [0.1, 0.15) is 25.0 Å².